The minimum atomic E-state index is -4.04. The Kier molecular flexibility index (Phi) is 7.11. The Morgan fingerprint density at radius 1 is 1.06 bits per heavy atom. The Bertz CT molecular complexity index is 1380. The molecule has 2 atom stereocenters. The van der Waals surface area contributed by atoms with Crippen LogP contribution in [0.1, 0.15) is 6.42 Å². The minimum Gasteiger partial charge on any atom is -0.335 e. The summed E-state index contributed by atoms with van der Waals surface area (Å²) in [5.74, 6) is -3.34. The normalized spacial score (nSPS) is 18.5. The summed E-state index contributed by atoms with van der Waals surface area (Å²) in [7, 11) is -2.72. The van der Waals surface area contributed by atoms with Crippen LogP contribution in [0.3, 0.4) is 0 Å². The Morgan fingerprint density at radius 3 is 2.40 bits per heavy atom. The van der Waals surface area contributed by atoms with Crippen molar-refractivity contribution in [2.24, 2.45) is 0 Å². The van der Waals surface area contributed by atoms with Crippen LogP contribution >= 0.6 is 12.6 Å². The van der Waals surface area contributed by atoms with E-state index in [-0.39, 0.29) is 23.1 Å². The molecule has 0 saturated carbocycles. The van der Waals surface area contributed by atoms with E-state index >= 15 is 0 Å². The average molecular weight is 520 g/mol. The largest absolute Gasteiger partial charge is 0.335 e. The first kappa shape index (κ1) is 25.1. The van der Waals surface area contributed by atoms with Crippen molar-refractivity contribution >= 4 is 50.9 Å². The summed E-state index contributed by atoms with van der Waals surface area (Å²) < 4.78 is 55.7. The summed E-state index contributed by atoms with van der Waals surface area (Å²) in [6.45, 7) is -0.501. The van der Waals surface area contributed by atoms with E-state index in [4.69, 9.17) is 0 Å². The number of hydrogen-bond donors (Lipinski definition) is 2. The monoisotopic (exact) mass is 519 g/mol. The molecule has 1 aliphatic rings. The molecular formula is C24H23F2N3O4S2. The highest BCUT2D eigenvalue weighted by molar-refractivity contribution is 7.89. The van der Waals surface area contributed by atoms with Gasteiger partial charge in [0.2, 0.25) is 21.8 Å². The number of hydrogen-bond acceptors (Lipinski definition) is 5. The number of likely N-dealkylation sites (N-methyl/N-ethyl adjacent to an activating group) is 1. The first-order valence-electron chi connectivity index (χ1n) is 10.8. The lowest BCUT2D eigenvalue weighted by Gasteiger charge is -2.27. The van der Waals surface area contributed by atoms with E-state index in [0.717, 1.165) is 38.2 Å². The standard InChI is InChI=1S/C24H23F2N3O4S2/c1-28(14-22(30)27-23-19(25)7-4-8-20(23)26)24(31)21-12-17(34)13-29(21)35(32,33)18-10-9-15-5-2-3-6-16(15)11-18/h2-11,17,21,34H,12-14H2,1H3,(H,27,30)/t17-,21+/m1/s1. The predicted octanol–water partition coefficient (Wildman–Crippen LogP) is 3.28. The van der Waals surface area contributed by atoms with Crippen molar-refractivity contribution in [2.75, 3.05) is 25.5 Å². The van der Waals surface area contributed by atoms with E-state index in [9.17, 15) is 26.8 Å². The molecule has 7 nitrogen and oxygen atoms in total. The van der Waals surface area contributed by atoms with Gasteiger partial charge in [-0.2, -0.15) is 16.9 Å². The summed E-state index contributed by atoms with van der Waals surface area (Å²) >= 11 is 4.40. The van der Waals surface area contributed by atoms with Gasteiger partial charge in [-0.3, -0.25) is 9.59 Å². The molecule has 1 heterocycles. The van der Waals surface area contributed by atoms with Crippen LogP contribution in [0, 0.1) is 11.6 Å². The van der Waals surface area contributed by atoms with Crippen molar-refractivity contribution in [1.29, 1.82) is 0 Å². The summed E-state index contributed by atoms with van der Waals surface area (Å²) in [5, 5.41) is 3.36. The Hall–Kier alpha value is -3.02. The van der Waals surface area contributed by atoms with Crippen LogP contribution in [0.25, 0.3) is 10.8 Å². The molecule has 3 aromatic carbocycles. The molecule has 0 aliphatic carbocycles. The van der Waals surface area contributed by atoms with E-state index in [1.165, 1.54) is 13.1 Å². The maximum absolute atomic E-state index is 13.8. The third-order valence-electron chi connectivity index (χ3n) is 5.83. The van der Waals surface area contributed by atoms with Crippen LogP contribution < -0.4 is 5.32 Å². The van der Waals surface area contributed by atoms with Gasteiger partial charge in [-0.15, -0.1) is 0 Å². The maximum atomic E-state index is 13.8. The van der Waals surface area contributed by atoms with Crippen molar-refractivity contribution in [3.63, 3.8) is 0 Å². The Labute approximate surface area is 207 Å². The number of para-hydroxylation sites is 1. The number of amides is 2. The van der Waals surface area contributed by atoms with Gasteiger partial charge in [0, 0.05) is 18.8 Å². The summed E-state index contributed by atoms with van der Waals surface area (Å²) in [4.78, 5) is 26.6. The number of nitrogens with zero attached hydrogens (tertiary/aromatic N) is 2. The van der Waals surface area contributed by atoms with Crippen molar-refractivity contribution in [1.82, 2.24) is 9.21 Å². The summed E-state index contributed by atoms with van der Waals surface area (Å²) in [5.41, 5.74) is -0.616. The Balaban J connectivity index is 1.52. The van der Waals surface area contributed by atoms with Crippen LogP contribution in [0.4, 0.5) is 14.5 Å². The summed E-state index contributed by atoms with van der Waals surface area (Å²) in [6, 6.07) is 14.1. The average Bonchev–Trinajstić information content (AvgIpc) is 3.23. The molecule has 0 radical (unpaired) electrons. The molecule has 0 aromatic heterocycles. The Morgan fingerprint density at radius 2 is 1.71 bits per heavy atom. The fourth-order valence-corrected chi connectivity index (χ4v) is 6.24. The molecule has 3 aromatic rings. The number of anilines is 1. The van der Waals surface area contributed by atoms with Gasteiger partial charge >= 0.3 is 0 Å². The highest BCUT2D eigenvalue weighted by atomic mass is 32.2. The number of benzene rings is 3. The van der Waals surface area contributed by atoms with Gasteiger partial charge in [-0.25, -0.2) is 17.2 Å². The number of carbonyl (C=O) groups excluding carboxylic acids is 2. The molecule has 35 heavy (non-hydrogen) atoms. The van der Waals surface area contributed by atoms with E-state index < -0.39 is 51.7 Å². The van der Waals surface area contributed by atoms with Crippen molar-refractivity contribution in [3.05, 3.63) is 72.3 Å². The van der Waals surface area contributed by atoms with Crippen LogP contribution in [0.15, 0.2) is 65.6 Å². The molecule has 2 amide bonds. The lowest BCUT2D eigenvalue weighted by molar-refractivity contribution is -0.136. The van der Waals surface area contributed by atoms with Crippen LogP contribution in [-0.2, 0) is 19.6 Å². The highest BCUT2D eigenvalue weighted by Gasteiger charge is 2.44. The van der Waals surface area contributed by atoms with Crippen molar-refractivity contribution in [3.8, 4) is 0 Å². The molecule has 4 rings (SSSR count). The zero-order valence-electron chi connectivity index (χ0n) is 18.7. The van der Waals surface area contributed by atoms with Gasteiger partial charge in [-0.05, 0) is 41.5 Å². The zero-order valence-corrected chi connectivity index (χ0v) is 20.4. The van der Waals surface area contributed by atoms with E-state index in [1.54, 1.807) is 24.3 Å². The maximum Gasteiger partial charge on any atom is 0.244 e. The number of fused-ring (bicyclic) bond motifs is 1. The van der Waals surface area contributed by atoms with E-state index in [0.29, 0.717) is 0 Å². The molecule has 1 fully saturated rings. The van der Waals surface area contributed by atoms with Gasteiger partial charge in [-0.1, -0.05) is 36.4 Å². The molecule has 1 aliphatic heterocycles. The predicted molar refractivity (Wildman–Crippen MR) is 132 cm³/mol. The molecule has 0 bridgehead atoms. The second kappa shape index (κ2) is 9.92. The smallest absolute Gasteiger partial charge is 0.244 e. The summed E-state index contributed by atoms with van der Waals surface area (Å²) in [6.07, 6.45) is 0.155. The molecule has 1 saturated heterocycles. The van der Waals surface area contributed by atoms with Gasteiger partial charge < -0.3 is 10.2 Å². The van der Waals surface area contributed by atoms with Gasteiger partial charge in [0.25, 0.3) is 0 Å². The second-order valence-corrected chi connectivity index (χ2v) is 10.9. The van der Waals surface area contributed by atoms with E-state index in [2.05, 4.69) is 17.9 Å². The lowest BCUT2D eigenvalue weighted by atomic mass is 10.1. The number of nitrogens with one attached hydrogen (secondary N) is 1. The van der Waals surface area contributed by atoms with Crippen LogP contribution in [-0.4, -0.2) is 60.9 Å². The second-order valence-electron chi connectivity index (χ2n) is 8.33. The minimum absolute atomic E-state index is 0.0230. The molecule has 184 valence electrons. The van der Waals surface area contributed by atoms with Gasteiger partial charge in [0.15, 0.2) is 0 Å². The molecule has 0 spiro atoms. The number of sulfonamides is 1. The fraction of sp³-hybridized carbons (Fsp3) is 0.250. The first-order valence-corrected chi connectivity index (χ1v) is 12.7. The molecule has 11 heteroatoms. The SMILES string of the molecule is CN(CC(=O)Nc1c(F)cccc1F)C(=O)[C@@H]1C[C@@H](S)CN1S(=O)(=O)c1ccc2ccccc2c1. The third kappa shape index (κ3) is 5.16. The van der Waals surface area contributed by atoms with E-state index in [1.807, 2.05) is 12.1 Å². The van der Waals surface area contributed by atoms with Crippen LogP contribution in [0.2, 0.25) is 0 Å². The van der Waals surface area contributed by atoms with Gasteiger partial charge in [0.05, 0.1) is 11.4 Å². The molecular weight excluding hydrogens is 496 g/mol. The number of carbonyl (C=O) groups is 2. The fourth-order valence-electron chi connectivity index (χ4n) is 4.08. The topological polar surface area (TPSA) is 86.8 Å². The van der Waals surface area contributed by atoms with Gasteiger partial charge in [0.1, 0.15) is 23.4 Å². The zero-order chi connectivity index (χ0) is 25.3. The van der Waals surface area contributed by atoms with Crippen molar-refractivity contribution < 1.29 is 26.8 Å². The molecule has 1 N–H and O–H groups in total. The molecule has 0 unspecified atom stereocenters. The highest BCUT2D eigenvalue weighted by Crippen LogP contribution is 2.31. The third-order valence-corrected chi connectivity index (χ3v) is 8.08. The lowest BCUT2D eigenvalue weighted by Crippen LogP contribution is -2.48. The number of rotatable bonds is 6. The number of halogens is 2. The quantitative estimate of drug-likeness (QED) is 0.490. The van der Waals surface area contributed by atoms with Crippen molar-refractivity contribution in [2.45, 2.75) is 22.6 Å². The van der Waals surface area contributed by atoms with Crippen LogP contribution in [0.5, 0.6) is 0 Å². The number of thiol groups is 1. The first-order chi connectivity index (χ1) is 16.6.